The Hall–Kier alpha value is -6.33. The van der Waals surface area contributed by atoms with Crippen LogP contribution in [-0.4, -0.2) is 98.1 Å². The largest absolute Gasteiger partial charge is 0.490 e. The summed E-state index contributed by atoms with van der Waals surface area (Å²) in [6.07, 6.45) is 9.30. The van der Waals surface area contributed by atoms with Gasteiger partial charge in [0.2, 0.25) is 0 Å². The van der Waals surface area contributed by atoms with Crippen molar-refractivity contribution in [2.75, 3.05) is 53.5 Å². The zero-order valence-corrected chi connectivity index (χ0v) is 34.9. The molecular formula is C49H55N9O4. The molecule has 5 heterocycles. The van der Waals surface area contributed by atoms with Gasteiger partial charge >= 0.3 is 0 Å². The van der Waals surface area contributed by atoms with Crippen LogP contribution in [0.1, 0.15) is 72.2 Å². The molecular weight excluding hydrogens is 779 g/mol. The number of benzene rings is 3. The van der Waals surface area contributed by atoms with Gasteiger partial charge in [-0.3, -0.25) is 4.79 Å². The van der Waals surface area contributed by atoms with Crippen molar-refractivity contribution in [2.24, 2.45) is 11.8 Å². The molecule has 2 aliphatic rings. The fraction of sp³-hybridized carbons (Fsp3) is 0.367. The van der Waals surface area contributed by atoms with E-state index in [-0.39, 0.29) is 11.3 Å². The van der Waals surface area contributed by atoms with Gasteiger partial charge in [0.25, 0.3) is 5.56 Å². The molecule has 3 aromatic carbocycles. The van der Waals surface area contributed by atoms with E-state index in [0.717, 1.165) is 51.9 Å². The first-order valence-corrected chi connectivity index (χ1v) is 20.7. The summed E-state index contributed by atoms with van der Waals surface area (Å²) in [7, 11) is 4.25. The van der Waals surface area contributed by atoms with Crippen molar-refractivity contribution >= 4 is 5.69 Å². The second-order valence-electron chi connectivity index (χ2n) is 15.7. The van der Waals surface area contributed by atoms with Crippen molar-refractivity contribution in [3.63, 3.8) is 0 Å². The Kier molecular flexibility index (Phi) is 11.9. The maximum absolute atomic E-state index is 13.0. The number of piperidine rings is 2. The molecule has 8 rings (SSSR count). The molecule has 2 fully saturated rings. The van der Waals surface area contributed by atoms with Gasteiger partial charge in [0.15, 0.2) is 28.8 Å². The van der Waals surface area contributed by atoms with Gasteiger partial charge in [0.1, 0.15) is 0 Å². The van der Waals surface area contributed by atoms with Gasteiger partial charge in [-0.2, -0.15) is 5.10 Å². The first-order chi connectivity index (χ1) is 32.9. The summed E-state index contributed by atoms with van der Waals surface area (Å²) in [6.45, 7) is 7.38. The van der Waals surface area contributed by atoms with Gasteiger partial charge in [-0.25, -0.2) is 29.5 Å². The van der Waals surface area contributed by atoms with E-state index in [1.165, 1.54) is 24.3 Å². The monoisotopic (exact) mass is 840 g/mol. The molecule has 6 aromatic rings. The van der Waals surface area contributed by atoms with Gasteiger partial charge in [-0.15, -0.1) is 0 Å². The van der Waals surface area contributed by atoms with Crippen LogP contribution in [0.5, 0.6) is 11.5 Å². The van der Waals surface area contributed by atoms with Crippen LogP contribution in [0.2, 0.25) is 0 Å². The Bertz CT molecular complexity index is 2750. The summed E-state index contributed by atoms with van der Waals surface area (Å²) >= 11 is 0. The lowest BCUT2D eigenvalue weighted by Crippen LogP contribution is -2.32. The topological polar surface area (TPSA) is 136 Å². The van der Waals surface area contributed by atoms with Crippen molar-refractivity contribution < 1.29 is 24.2 Å². The predicted octanol–water partition coefficient (Wildman–Crippen LogP) is 8.17. The highest BCUT2D eigenvalue weighted by molar-refractivity contribution is 5.65. The maximum atomic E-state index is 13.0. The Labute approximate surface area is 373 Å². The lowest BCUT2D eigenvalue weighted by molar-refractivity contribution is 0.159. The maximum Gasteiger partial charge on any atom is 0.267 e. The minimum Gasteiger partial charge on any atom is -0.490 e. The molecule has 0 radical (unpaired) electrons. The highest BCUT2D eigenvalue weighted by Gasteiger charge is 2.19. The van der Waals surface area contributed by atoms with Crippen LogP contribution in [0.15, 0.2) is 115 Å². The van der Waals surface area contributed by atoms with Crippen molar-refractivity contribution in [3.8, 4) is 45.5 Å². The molecule has 3 aromatic heterocycles. The molecule has 0 aliphatic carbocycles. The molecule has 13 heteroatoms. The molecule has 1 N–H and O–H groups in total. The summed E-state index contributed by atoms with van der Waals surface area (Å²) in [4.78, 5) is 38.5. The SMILES string of the molecule is [2H]C([2H])([2H])C(O)c1cccc(-c2ncc(OCC3CCN(C)CC3)cn2)c1.[2H]C([2H])([2H])C([2H])(c1cccc(-c2ncc(OCC3CCN(C)CC3)cn2)c1)n1nc(-c2cccc([N+]#[C-])c2)ccc1=O. The van der Waals surface area contributed by atoms with Gasteiger partial charge < -0.3 is 24.4 Å². The van der Waals surface area contributed by atoms with E-state index in [1.807, 2.05) is 0 Å². The second-order valence-corrected chi connectivity index (χ2v) is 15.7. The third-order valence-electron chi connectivity index (χ3n) is 11.0. The fourth-order valence-corrected chi connectivity index (χ4v) is 7.20. The number of ether oxygens (including phenoxy) is 2. The van der Waals surface area contributed by atoms with Crippen LogP contribution in [0.25, 0.3) is 38.9 Å². The molecule has 0 amide bonds. The van der Waals surface area contributed by atoms with Crippen LogP contribution in [-0.2, 0) is 0 Å². The minimum atomic E-state index is -2.98. The zero-order chi connectivity index (χ0) is 49.3. The Morgan fingerprint density at radius 1 is 0.726 bits per heavy atom. The normalized spacial score (nSPS) is 18.6. The fourth-order valence-electron chi connectivity index (χ4n) is 7.20. The van der Waals surface area contributed by atoms with Gasteiger partial charge in [-0.1, -0.05) is 54.6 Å². The highest BCUT2D eigenvalue weighted by Crippen LogP contribution is 2.27. The van der Waals surface area contributed by atoms with E-state index in [9.17, 15) is 11.3 Å². The third kappa shape index (κ3) is 11.7. The number of nitrogens with zero attached hydrogens (tertiary/aromatic N) is 9. The Morgan fingerprint density at radius 3 is 1.77 bits per heavy atom. The Balaban J connectivity index is 0.000000224. The van der Waals surface area contributed by atoms with Crippen molar-refractivity contribution in [1.29, 1.82) is 0 Å². The summed E-state index contributed by atoms with van der Waals surface area (Å²) in [5.41, 5.74) is 1.86. The number of aliphatic hydroxyl groups excluding tert-OH is 1. The van der Waals surface area contributed by atoms with E-state index in [2.05, 4.69) is 53.8 Å². The van der Waals surface area contributed by atoms with E-state index in [4.69, 9.17) is 24.3 Å². The second kappa shape index (κ2) is 21.0. The summed E-state index contributed by atoms with van der Waals surface area (Å²) in [6, 6.07) is 19.6. The predicted molar refractivity (Wildman–Crippen MR) is 241 cm³/mol. The first-order valence-electron chi connectivity index (χ1n) is 24.2. The molecule has 0 saturated carbocycles. The van der Waals surface area contributed by atoms with E-state index < -0.39 is 31.4 Å². The molecule has 2 aliphatic heterocycles. The summed E-state index contributed by atoms with van der Waals surface area (Å²) in [5, 5.41) is 14.3. The van der Waals surface area contributed by atoms with Gasteiger partial charge in [0.05, 0.1) is 63.8 Å². The van der Waals surface area contributed by atoms with Gasteiger partial charge in [0, 0.05) is 25.4 Å². The van der Waals surface area contributed by atoms with Crippen molar-refractivity contribution in [1.82, 2.24) is 39.5 Å². The van der Waals surface area contributed by atoms with E-state index in [0.29, 0.717) is 80.8 Å². The molecule has 62 heavy (non-hydrogen) atoms. The van der Waals surface area contributed by atoms with Crippen molar-refractivity contribution in [2.45, 2.75) is 51.5 Å². The molecule has 13 nitrogen and oxygen atoms in total. The lowest BCUT2D eigenvalue weighted by Gasteiger charge is -2.28. The third-order valence-corrected chi connectivity index (χ3v) is 11.0. The molecule has 320 valence electrons. The standard InChI is InChI=1S/C30H30N6O2.C19H25N3O2/c1-21(36-29(37)11-10-28(34-36)24-7-5-9-26(17-24)31-2)23-6-4-8-25(16-23)30-32-18-27(19-33-30)38-20-22-12-14-35(3)15-13-22;1-14(23)16-4-3-5-17(10-16)19-20-11-18(12-21-19)24-13-15-6-8-22(2)9-7-15/h4-11,16-19,21-22H,12-15,20H2,1,3H3;3-5,10-12,14-15,23H,6-9,13H2,1-2H3/i1D3,21D;1D3. The van der Waals surface area contributed by atoms with Crippen molar-refractivity contribution in [3.05, 3.63) is 143 Å². The Morgan fingerprint density at radius 2 is 1.24 bits per heavy atom. The average molecular weight is 841 g/mol. The average Bonchev–Trinajstić information content (AvgIpc) is 3.35. The first kappa shape index (κ1) is 35.3. The molecule has 0 bridgehead atoms. The number of hydrogen-bond acceptors (Lipinski definition) is 11. The van der Waals surface area contributed by atoms with Crippen LogP contribution in [0.4, 0.5) is 5.69 Å². The van der Waals surface area contributed by atoms with E-state index in [1.54, 1.807) is 85.5 Å². The van der Waals surface area contributed by atoms with E-state index >= 15 is 0 Å². The number of rotatable bonds is 12. The summed E-state index contributed by atoms with van der Waals surface area (Å²) < 4.78 is 68.6. The smallest absolute Gasteiger partial charge is 0.267 e. The zero-order valence-electron chi connectivity index (χ0n) is 41.9. The van der Waals surface area contributed by atoms with Crippen LogP contribution < -0.4 is 15.0 Å². The van der Waals surface area contributed by atoms with Crippen LogP contribution in [0.3, 0.4) is 0 Å². The summed E-state index contributed by atoms with van der Waals surface area (Å²) in [5.74, 6) is 2.98. The molecule has 2 unspecified atom stereocenters. The van der Waals surface area contributed by atoms with Crippen LogP contribution in [0, 0.1) is 18.4 Å². The van der Waals surface area contributed by atoms with Crippen LogP contribution >= 0.6 is 0 Å². The number of aromatic nitrogens is 6. The number of hydrogen-bond donors (Lipinski definition) is 1. The highest BCUT2D eigenvalue weighted by atomic mass is 16.5. The number of likely N-dealkylation sites (tertiary alicyclic amines) is 2. The lowest BCUT2D eigenvalue weighted by atomic mass is 9.98. The molecule has 2 atom stereocenters. The quantitative estimate of drug-likeness (QED) is 0.120. The van der Waals surface area contributed by atoms with Gasteiger partial charge in [-0.05, 0) is 132 Å². The molecule has 2 saturated heterocycles. The minimum absolute atomic E-state index is 0.0212. The number of aliphatic hydroxyl groups is 1. The molecule has 0 spiro atoms.